The summed E-state index contributed by atoms with van der Waals surface area (Å²) in [6, 6.07) is 0. The molecule has 0 unspecified atom stereocenters. The number of rotatable bonds is 3. The second kappa shape index (κ2) is 7.63. The van der Waals surface area contributed by atoms with Crippen LogP contribution in [0.2, 0.25) is 0 Å². The summed E-state index contributed by atoms with van der Waals surface area (Å²) in [5.74, 6) is -4.43. The van der Waals surface area contributed by atoms with Crippen molar-refractivity contribution < 1.29 is 31.9 Å². The van der Waals surface area contributed by atoms with Crippen LogP contribution in [0.4, 0.5) is 22.0 Å². The van der Waals surface area contributed by atoms with E-state index in [1.165, 1.54) is 0 Å². The van der Waals surface area contributed by atoms with Crippen LogP contribution in [0.25, 0.3) is 0 Å². The van der Waals surface area contributed by atoms with Crippen molar-refractivity contribution in [3.8, 4) is 0 Å². The van der Waals surface area contributed by atoms with Gasteiger partial charge in [-0.15, -0.1) is 5.10 Å². The predicted octanol–water partition coefficient (Wildman–Crippen LogP) is 2.42. The third kappa shape index (κ3) is 5.91. The van der Waals surface area contributed by atoms with E-state index in [1.54, 1.807) is 0 Å². The molecule has 0 radical (unpaired) electrons. The maximum absolute atomic E-state index is 13.1. The number of nitrogens with one attached hydrogen (secondary N) is 1. The monoisotopic (exact) mass is 370 g/mol. The van der Waals surface area contributed by atoms with Gasteiger partial charge in [-0.1, -0.05) is 5.21 Å². The summed E-state index contributed by atoms with van der Waals surface area (Å²) in [5, 5.41) is 18.6. The maximum Gasteiger partial charge on any atom is 0.490 e. The van der Waals surface area contributed by atoms with Gasteiger partial charge in [-0.3, -0.25) is 4.68 Å². The average molecular weight is 370 g/mol. The van der Waals surface area contributed by atoms with Crippen LogP contribution in [0.15, 0.2) is 6.20 Å². The first-order valence-electron chi connectivity index (χ1n) is 7.85. The topological polar surface area (TPSA) is 80.0 Å². The number of aliphatic carboxylic acids is 1. The van der Waals surface area contributed by atoms with Crippen LogP contribution in [-0.2, 0) is 11.3 Å². The molecular weight excluding hydrogens is 351 g/mol. The van der Waals surface area contributed by atoms with Gasteiger partial charge in [-0.2, -0.15) is 13.2 Å². The minimum absolute atomic E-state index is 0.0168. The molecule has 11 heteroatoms. The molecule has 2 N–H and O–H groups in total. The third-order valence-corrected chi connectivity index (χ3v) is 4.25. The second-order valence-electron chi connectivity index (χ2n) is 6.32. The molecular formula is C14H19F5N4O2. The molecule has 25 heavy (non-hydrogen) atoms. The Morgan fingerprint density at radius 3 is 2.32 bits per heavy atom. The zero-order valence-corrected chi connectivity index (χ0v) is 13.3. The number of carboxylic acid groups (broad SMARTS) is 1. The molecule has 1 aliphatic heterocycles. The molecule has 142 valence electrons. The van der Waals surface area contributed by atoms with Crippen molar-refractivity contribution in [2.24, 2.45) is 5.92 Å². The van der Waals surface area contributed by atoms with Gasteiger partial charge in [0.25, 0.3) is 0 Å². The lowest BCUT2D eigenvalue weighted by molar-refractivity contribution is -0.192. The van der Waals surface area contributed by atoms with E-state index < -0.39 is 18.1 Å². The minimum Gasteiger partial charge on any atom is -0.475 e. The van der Waals surface area contributed by atoms with E-state index in [1.807, 2.05) is 10.9 Å². The number of nitrogens with zero attached hydrogens (tertiary/aromatic N) is 3. The number of hydrogen-bond donors (Lipinski definition) is 2. The molecule has 0 aromatic carbocycles. The molecule has 0 spiro atoms. The molecule has 1 aromatic heterocycles. The highest BCUT2D eigenvalue weighted by Crippen LogP contribution is 2.40. The van der Waals surface area contributed by atoms with Crippen molar-refractivity contribution in [3.05, 3.63) is 11.9 Å². The highest BCUT2D eigenvalue weighted by Gasteiger charge is 2.38. The fraction of sp³-hybridized carbons (Fsp3) is 0.786. The molecule has 1 aromatic rings. The van der Waals surface area contributed by atoms with Crippen molar-refractivity contribution >= 4 is 5.97 Å². The van der Waals surface area contributed by atoms with Crippen molar-refractivity contribution in [1.29, 1.82) is 0 Å². The fourth-order valence-corrected chi connectivity index (χ4v) is 2.67. The number of carboxylic acids is 1. The summed E-state index contributed by atoms with van der Waals surface area (Å²) in [4.78, 5) is 8.90. The lowest BCUT2D eigenvalue weighted by atomic mass is 9.85. The highest BCUT2D eigenvalue weighted by molar-refractivity contribution is 5.73. The van der Waals surface area contributed by atoms with Gasteiger partial charge in [0, 0.05) is 50.5 Å². The molecule has 6 nitrogen and oxygen atoms in total. The number of carbonyl (C=O) groups is 1. The van der Waals surface area contributed by atoms with E-state index in [0.717, 1.165) is 25.3 Å². The Bertz CT molecular complexity index is 576. The Hall–Kier alpha value is -1.78. The Morgan fingerprint density at radius 1 is 1.32 bits per heavy atom. The molecule has 0 bridgehead atoms. The molecule has 2 heterocycles. The Morgan fingerprint density at radius 2 is 1.88 bits per heavy atom. The quantitative estimate of drug-likeness (QED) is 0.799. The van der Waals surface area contributed by atoms with E-state index in [-0.39, 0.29) is 18.8 Å². The van der Waals surface area contributed by atoms with Crippen LogP contribution in [-0.4, -0.2) is 51.3 Å². The largest absolute Gasteiger partial charge is 0.490 e. The van der Waals surface area contributed by atoms with E-state index in [4.69, 9.17) is 9.90 Å². The van der Waals surface area contributed by atoms with Crippen LogP contribution in [0.3, 0.4) is 0 Å². The highest BCUT2D eigenvalue weighted by atomic mass is 19.4. The van der Waals surface area contributed by atoms with E-state index in [0.29, 0.717) is 18.8 Å². The van der Waals surface area contributed by atoms with Gasteiger partial charge in [0.2, 0.25) is 5.92 Å². The average Bonchev–Trinajstić information content (AvgIpc) is 2.91. The van der Waals surface area contributed by atoms with Crippen molar-refractivity contribution in [1.82, 2.24) is 20.3 Å². The zero-order chi connectivity index (χ0) is 18.7. The normalized spacial score (nSPS) is 21.2. The van der Waals surface area contributed by atoms with Crippen LogP contribution in [0.1, 0.15) is 37.3 Å². The van der Waals surface area contributed by atoms with Gasteiger partial charge < -0.3 is 10.4 Å². The lowest BCUT2D eigenvalue weighted by Crippen LogP contribution is -2.44. The Balaban J connectivity index is 0.000000277. The van der Waals surface area contributed by atoms with Crippen LogP contribution in [0.5, 0.6) is 0 Å². The first-order chi connectivity index (χ1) is 11.6. The standard InChI is InChI=1S/C12H18F2N4.C2HF3O2/c13-12(14)3-1-10(2-4-12)11-8-18(17-16-11)7-9-5-15-6-9;3-2(4,5)1(6)7/h8-10,15H,1-7H2;(H,6,7). The first kappa shape index (κ1) is 19.5. The summed E-state index contributed by atoms with van der Waals surface area (Å²) in [5.41, 5.74) is 0.887. The van der Waals surface area contributed by atoms with E-state index >= 15 is 0 Å². The number of aromatic nitrogens is 3. The Kier molecular flexibility index (Phi) is 5.96. The summed E-state index contributed by atoms with van der Waals surface area (Å²) < 4.78 is 59.7. The van der Waals surface area contributed by atoms with Crippen LogP contribution in [0, 0.1) is 5.92 Å². The molecule has 2 aliphatic rings. The van der Waals surface area contributed by atoms with Gasteiger partial charge >= 0.3 is 12.1 Å². The second-order valence-corrected chi connectivity index (χ2v) is 6.32. The van der Waals surface area contributed by atoms with E-state index in [2.05, 4.69) is 15.6 Å². The number of hydrogen-bond acceptors (Lipinski definition) is 4. The summed E-state index contributed by atoms with van der Waals surface area (Å²) in [6.45, 7) is 2.94. The van der Waals surface area contributed by atoms with Crippen LogP contribution < -0.4 is 5.32 Å². The smallest absolute Gasteiger partial charge is 0.475 e. The lowest BCUT2D eigenvalue weighted by Gasteiger charge is -2.27. The van der Waals surface area contributed by atoms with Crippen molar-refractivity contribution in [3.63, 3.8) is 0 Å². The maximum atomic E-state index is 13.1. The zero-order valence-electron chi connectivity index (χ0n) is 13.3. The van der Waals surface area contributed by atoms with Gasteiger partial charge in [0.05, 0.1) is 5.69 Å². The Labute approximate surface area is 140 Å². The van der Waals surface area contributed by atoms with Crippen molar-refractivity contribution in [2.45, 2.75) is 50.2 Å². The fourth-order valence-electron chi connectivity index (χ4n) is 2.67. The summed E-state index contributed by atoms with van der Waals surface area (Å²) in [6.07, 6.45) is -2.13. The summed E-state index contributed by atoms with van der Waals surface area (Å²) in [7, 11) is 0. The molecule has 2 fully saturated rings. The third-order valence-electron chi connectivity index (χ3n) is 4.25. The SMILES string of the molecule is FC1(F)CCC(c2cn(CC3CNC3)nn2)CC1.O=C(O)C(F)(F)F. The molecule has 3 rings (SSSR count). The molecule has 0 amide bonds. The van der Waals surface area contributed by atoms with Crippen LogP contribution >= 0.6 is 0 Å². The number of halogens is 5. The van der Waals surface area contributed by atoms with Gasteiger partial charge in [-0.05, 0) is 12.8 Å². The molecule has 1 saturated carbocycles. The minimum atomic E-state index is -5.08. The van der Waals surface area contributed by atoms with Crippen molar-refractivity contribution in [2.75, 3.05) is 13.1 Å². The molecule has 0 atom stereocenters. The van der Waals surface area contributed by atoms with Gasteiger partial charge in [0.1, 0.15) is 0 Å². The summed E-state index contributed by atoms with van der Waals surface area (Å²) >= 11 is 0. The van der Waals surface area contributed by atoms with Gasteiger partial charge in [-0.25, -0.2) is 13.6 Å². The first-order valence-corrected chi connectivity index (χ1v) is 7.85. The molecule has 1 aliphatic carbocycles. The number of alkyl halides is 5. The molecule has 1 saturated heterocycles. The van der Waals surface area contributed by atoms with Gasteiger partial charge in [0.15, 0.2) is 0 Å². The van der Waals surface area contributed by atoms with E-state index in [9.17, 15) is 22.0 Å². The predicted molar refractivity (Wildman–Crippen MR) is 76.2 cm³/mol.